The highest BCUT2D eigenvalue weighted by molar-refractivity contribution is 6.02. The van der Waals surface area contributed by atoms with E-state index in [4.69, 9.17) is 9.47 Å². The SMILES string of the molecule is COc1cccc(CNC(=O)CC2=C3CCCCC3NC2=O)c1OC. The Morgan fingerprint density at radius 1 is 1.28 bits per heavy atom. The Hall–Kier alpha value is -2.50. The molecule has 25 heavy (non-hydrogen) atoms. The van der Waals surface area contributed by atoms with Crippen molar-refractivity contribution >= 4 is 11.8 Å². The molecule has 1 aromatic rings. The van der Waals surface area contributed by atoms with Crippen LogP contribution in [0.25, 0.3) is 0 Å². The van der Waals surface area contributed by atoms with Gasteiger partial charge in [0.1, 0.15) is 0 Å². The molecule has 1 fully saturated rings. The summed E-state index contributed by atoms with van der Waals surface area (Å²) in [5.74, 6) is 0.988. The minimum atomic E-state index is -0.159. The molecule has 2 aliphatic rings. The van der Waals surface area contributed by atoms with Crippen molar-refractivity contribution in [3.8, 4) is 11.5 Å². The van der Waals surface area contributed by atoms with Crippen LogP contribution in [0.5, 0.6) is 11.5 Å². The van der Waals surface area contributed by atoms with Crippen LogP contribution in [0.1, 0.15) is 37.7 Å². The van der Waals surface area contributed by atoms with Crippen LogP contribution in [0, 0.1) is 0 Å². The fourth-order valence-corrected chi connectivity index (χ4v) is 3.63. The van der Waals surface area contributed by atoms with Crippen LogP contribution >= 0.6 is 0 Å². The van der Waals surface area contributed by atoms with E-state index in [2.05, 4.69) is 10.6 Å². The molecule has 1 aliphatic carbocycles. The Balaban J connectivity index is 1.65. The Morgan fingerprint density at radius 3 is 2.88 bits per heavy atom. The number of carbonyl (C=O) groups excluding carboxylic acids is 2. The molecule has 0 aromatic heterocycles. The van der Waals surface area contributed by atoms with Gasteiger partial charge in [-0.15, -0.1) is 0 Å². The van der Waals surface area contributed by atoms with Crippen LogP contribution in [0.4, 0.5) is 0 Å². The highest BCUT2D eigenvalue weighted by Crippen LogP contribution is 2.33. The van der Waals surface area contributed by atoms with Crippen molar-refractivity contribution in [2.45, 2.75) is 44.7 Å². The van der Waals surface area contributed by atoms with Crippen LogP contribution < -0.4 is 20.1 Å². The molecule has 0 radical (unpaired) electrons. The summed E-state index contributed by atoms with van der Waals surface area (Å²) in [6.45, 7) is 0.326. The number of rotatable bonds is 6. The number of amides is 2. The van der Waals surface area contributed by atoms with E-state index in [9.17, 15) is 9.59 Å². The van der Waals surface area contributed by atoms with Crippen LogP contribution in [-0.2, 0) is 16.1 Å². The molecule has 6 heteroatoms. The summed E-state index contributed by atoms with van der Waals surface area (Å²) < 4.78 is 10.6. The number of fused-ring (bicyclic) bond motifs is 1. The Labute approximate surface area is 147 Å². The molecular formula is C19H24N2O4. The monoisotopic (exact) mass is 344 g/mol. The zero-order valence-corrected chi connectivity index (χ0v) is 14.7. The number of hydrogen-bond acceptors (Lipinski definition) is 4. The van der Waals surface area contributed by atoms with Crippen LogP contribution in [0.15, 0.2) is 29.3 Å². The third-order valence-corrected chi connectivity index (χ3v) is 4.87. The van der Waals surface area contributed by atoms with E-state index in [0.717, 1.165) is 36.8 Å². The summed E-state index contributed by atoms with van der Waals surface area (Å²) in [7, 11) is 3.15. The van der Waals surface area contributed by atoms with Crippen molar-refractivity contribution in [1.82, 2.24) is 10.6 Å². The lowest BCUT2D eigenvalue weighted by Crippen LogP contribution is -2.30. The number of benzene rings is 1. The normalized spacial score (nSPS) is 19.3. The molecule has 1 aromatic carbocycles. The predicted octanol–water partition coefficient (Wildman–Crippen LogP) is 2.08. The summed E-state index contributed by atoms with van der Waals surface area (Å²) >= 11 is 0. The van der Waals surface area contributed by atoms with Crippen LogP contribution in [0.2, 0.25) is 0 Å². The topological polar surface area (TPSA) is 76.7 Å². The van der Waals surface area contributed by atoms with Crippen molar-refractivity contribution in [2.75, 3.05) is 14.2 Å². The van der Waals surface area contributed by atoms with E-state index in [1.807, 2.05) is 18.2 Å². The first-order valence-electron chi connectivity index (χ1n) is 8.63. The van der Waals surface area contributed by atoms with Crippen molar-refractivity contribution < 1.29 is 19.1 Å². The van der Waals surface area contributed by atoms with Gasteiger partial charge in [-0.1, -0.05) is 18.6 Å². The Bertz CT molecular complexity index is 711. The lowest BCUT2D eigenvalue weighted by Gasteiger charge is -2.20. The van der Waals surface area contributed by atoms with Crippen molar-refractivity contribution in [3.05, 3.63) is 34.9 Å². The van der Waals surface area contributed by atoms with Crippen molar-refractivity contribution in [3.63, 3.8) is 0 Å². The van der Waals surface area contributed by atoms with Gasteiger partial charge in [0.2, 0.25) is 11.8 Å². The summed E-state index contributed by atoms with van der Waals surface area (Å²) in [5, 5.41) is 5.87. The Kier molecular flexibility index (Phi) is 5.26. The molecule has 0 bridgehead atoms. The lowest BCUT2D eigenvalue weighted by atomic mass is 9.88. The lowest BCUT2D eigenvalue weighted by molar-refractivity contribution is -0.123. The molecular weight excluding hydrogens is 320 g/mol. The number of nitrogens with one attached hydrogen (secondary N) is 2. The first-order chi connectivity index (χ1) is 12.1. The van der Waals surface area contributed by atoms with E-state index < -0.39 is 0 Å². The van der Waals surface area contributed by atoms with Gasteiger partial charge >= 0.3 is 0 Å². The minimum absolute atomic E-state index is 0.0870. The van der Waals surface area contributed by atoms with Crippen LogP contribution in [0.3, 0.4) is 0 Å². The zero-order valence-electron chi connectivity index (χ0n) is 14.7. The molecule has 1 aliphatic heterocycles. The molecule has 0 saturated heterocycles. The van der Waals surface area contributed by atoms with E-state index in [1.54, 1.807) is 14.2 Å². The van der Waals surface area contributed by atoms with Crippen molar-refractivity contribution in [1.29, 1.82) is 0 Å². The Morgan fingerprint density at radius 2 is 2.12 bits per heavy atom. The molecule has 0 spiro atoms. The van der Waals surface area contributed by atoms with Gasteiger partial charge < -0.3 is 20.1 Å². The fourth-order valence-electron chi connectivity index (χ4n) is 3.63. The first kappa shape index (κ1) is 17.3. The van der Waals surface area contributed by atoms with Crippen LogP contribution in [-0.4, -0.2) is 32.1 Å². The average molecular weight is 344 g/mol. The molecule has 2 N–H and O–H groups in total. The number of para-hydroxylation sites is 1. The summed E-state index contributed by atoms with van der Waals surface area (Å²) in [6, 6.07) is 5.68. The van der Waals surface area contributed by atoms with Gasteiger partial charge in [-0.25, -0.2) is 0 Å². The van der Waals surface area contributed by atoms with Gasteiger partial charge in [0.25, 0.3) is 0 Å². The van der Waals surface area contributed by atoms with E-state index in [0.29, 0.717) is 23.6 Å². The van der Waals surface area contributed by atoms with Gasteiger partial charge in [-0.2, -0.15) is 0 Å². The first-order valence-corrected chi connectivity index (χ1v) is 8.63. The molecule has 1 saturated carbocycles. The number of carbonyl (C=O) groups is 2. The second-order valence-corrected chi connectivity index (χ2v) is 6.38. The van der Waals surface area contributed by atoms with Gasteiger partial charge in [0.05, 0.1) is 26.7 Å². The molecule has 3 rings (SSSR count). The molecule has 2 amide bonds. The van der Waals surface area contributed by atoms with Gasteiger partial charge in [0, 0.05) is 17.7 Å². The summed E-state index contributed by atoms with van der Waals surface area (Å²) in [4.78, 5) is 24.5. The minimum Gasteiger partial charge on any atom is -0.493 e. The maximum absolute atomic E-state index is 12.3. The van der Waals surface area contributed by atoms with E-state index in [-0.39, 0.29) is 24.3 Å². The second kappa shape index (κ2) is 7.59. The summed E-state index contributed by atoms with van der Waals surface area (Å²) in [5.41, 5.74) is 2.62. The molecule has 134 valence electrons. The average Bonchev–Trinajstić information content (AvgIpc) is 2.95. The third kappa shape index (κ3) is 3.62. The largest absolute Gasteiger partial charge is 0.493 e. The predicted molar refractivity (Wildman–Crippen MR) is 93.4 cm³/mol. The number of methoxy groups -OCH3 is 2. The fraction of sp³-hybridized carbons (Fsp3) is 0.474. The van der Waals surface area contributed by atoms with E-state index in [1.165, 1.54) is 0 Å². The molecule has 1 atom stereocenters. The van der Waals surface area contributed by atoms with Crippen molar-refractivity contribution in [2.24, 2.45) is 0 Å². The third-order valence-electron chi connectivity index (χ3n) is 4.87. The standard InChI is InChI=1S/C19H24N2O4/c1-24-16-9-5-6-12(18(16)25-2)11-20-17(22)10-14-13-7-3-4-8-15(13)21-19(14)23/h5-6,9,15H,3-4,7-8,10-11H2,1-2H3,(H,20,22)(H,21,23). The highest BCUT2D eigenvalue weighted by Gasteiger charge is 2.33. The highest BCUT2D eigenvalue weighted by atomic mass is 16.5. The van der Waals surface area contributed by atoms with Gasteiger partial charge in [-0.05, 0) is 30.9 Å². The molecule has 1 unspecified atom stereocenters. The molecule has 1 heterocycles. The zero-order chi connectivity index (χ0) is 17.8. The molecule has 6 nitrogen and oxygen atoms in total. The van der Waals surface area contributed by atoms with Gasteiger partial charge in [-0.3, -0.25) is 9.59 Å². The van der Waals surface area contributed by atoms with Gasteiger partial charge in [0.15, 0.2) is 11.5 Å². The number of ether oxygens (including phenoxy) is 2. The quantitative estimate of drug-likeness (QED) is 0.828. The maximum atomic E-state index is 12.3. The smallest absolute Gasteiger partial charge is 0.248 e. The second-order valence-electron chi connectivity index (χ2n) is 6.38. The number of hydrogen-bond donors (Lipinski definition) is 2. The van der Waals surface area contributed by atoms with E-state index >= 15 is 0 Å². The summed E-state index contributed by atoms with van der Waals surface area (Å²) in [6.07, 6.45) is 4.24. The maximum Gasteiger partial charge on any atom is 0.248 e.